The molecular formula is C13H20N4O2. The normalized spacial score (nSPS) is 24.2. The van der Waals surface area contributed by atoms with Crippen molar-refractivity contribution in [3.8, 4) is 0 Å². The molecule has 0 spiro atoms. The zero-order valence-electron chi connectivity index (χ0n) is 11.7. The lowest BCUT2D eigenvalue weighted by atomic mass is 10.0. The van der Waals surface area contributed by atoms with E-state index in [9.17, 15) is 4.79 Å². The molecule has 1 amide bonds. The lowest BCUT2D eigenvalue weighted by molar-refractivity contribution is -0.165. The van der Waals surface area contributed by atoms with Crippen molar-refractivity contribution in [1.82, 2.24) is 19.8 Å². The van der Waals surface area contributed by atoms with Gasteiger partial charge in [0.2, 0.25) is 0 Å². The first-order chi connectivity index (χ1) is 9.01. The van der Waals surface area contributed by atoms with E-state index >= 15 is 0 Å². The monoisotopic (exact) mass is 264 g/mol. The van der Waals surface area contributed by atoms with Gasteiger partial charge < -0.3 is 9.64 Å². The van der Waals surface area contributed by atoms with E-state index < -0.39 is 5.60 Å². The highest BCUT2D eigenvalue weighted by atomic mass is 16.5. The first kappa shape index (κ1) is 13.9. The Morgan fingerprint density at radius 2 is 2.32 bits per heavy atom. The van der Waals surface area contributed by atoms with Crippen LogP contribution in [0, 0.1) is 0 Å². The molecule has 0 aliphatic carbocycles. The van der Waals surface area contributed by atoms with Crippen LogP contribution >= 0.6 is 0 Å². The molecule has 1 aliphatic rings. The van der Waals surface area contributed by atoms with Crippen LogP contribution in [0.5, 0.6) is 0 Å². The minimum Gasteiger partial charge on any atom is -0.363 e. The number of hydrogen-bond acceptors (Lipinski definition) is 5. The third kappa shape index (κ3) is 3.27. The molecule has 0 radical (unpaired) electrons. The average Bonchev–Trinajstić information content (AvgIpc) is 2.39. The van der Waals surface area contributed by atoms with Crippen molar-refractivity contribution >= 4 is 5.91 Å². The Hall–Kier alpha value is -1.53. The molecule has 1 aromatic rings. The van der Waals surface area contributed by atoms with Crippen LogP contribution in [0.1, 0.15) is 12.6 Å². The summed E-state index contributed by atoms with van der Waals surface area (Å²) in [6.07, 6.45) is 5.09. The Labute approximate surface area is 113 Å². The summed E-state index contributed by atoms with van der Waals surface area (Å²) in [5.41, 5.74) is 0.133. The van der Waals surface area contributed by atoms with Crippen LogP contribution in [-0.4, -0.2) is 65.1 Å². The standard InChI is InChI=1S/C13H20N4O2/c1-13(12(18)16(2)3)10-17(6-7-19-13)9-11-8-14-4-5-15-11/h4-5,8H,6-7,9-10H2,1-3H3/t13-/m1/s1. The number of nitrogens with zero attached hydrogens (tertiary/aromatic N) is 4. The van der Waals surface area contributed by atoms with Gasteiger partial charge >= 0.3 is 0 Å². The quantitative estimate of drug-likeness (QED) is 0.778. The Bertz CT molecular complexity index is 438. The number of ether oxygens (including phenoxy) is 1. The van der Waals surface area contributed by atoms with E-state index in [1.807, 2.05) is 6.92 Å². The number of rotatable bonds is 3. The van der Waals surface area contributed by atoms with Gasteiger partial charge in [-0.25, -0.2) is 0 Å². The molecule has 0 aromatic carbocycles. The highest BCUT2D eigenvalue weighted by molar-refractivity contribution is 5.84. The maximum atomic E-state index is 12.2. The van der Waals surface area contributed by atoms with E-state index in [1.165, 1.54) is 0 Å². The van der Waals surface area contributed by atoms with Crippen LogP contribution in [0.3, 0.4) is 0 Å². The molecule has 1 aromatic heterocycles. The summed E-state index contributed by atoms with van der Waals surface area (Å²) in [5, 5.41) is 0. The van der Waals surface area contributed by atoms with Gasteiger partial charge in [-0.1, -0.05) is 0 Å². The zero-order chi connectivity index (χ0) is 13.9. The molecule has 1 fully saturated rings. The smallest absolute Gasteiger partial charge is 0.255 e. The molecule has 1 atom stereocenters. The van der Waals surface area contributed by atoms with Gasteiger partial charge in [-0.2, -0.15) is 0 Å². The fraction of sp³-hybridized carbons (Fsp3) is 0.615. The number of carbonyl (C=O) groups is 1. The lowest BCUT2D eigenvalue weighted by Crippen LogP contribution is -2.57. The van der Waals surface area contributed by atoms with Crippen molar-refractivity contribution in [2.24, 2.45) is 0 Å². The van der Waals surface area contributed by atoms with E-state index in [0.717, 1.165) is 12.2 Å². The minimum absolute atomic E-state index is 0.00338. The SMILES string of the molecule is CN(C)C(=O)[C@@]1(C)CN(Cc2cnccn2)CCO1. The summed E-state index contributed by atoms with van der Waals surface area (Å²) in [5.74, 6) is -0.00338. The molecule has 6 heteroatoms. The summed E-state index contributed by atoms with van der Waals surface area (Å²) in [6.45, 7) is 4.45. The summed E-state index contributed by atoms with van der Waals surface area (Å²) < 4.78 is 5.69. The molecule has 1 aliphatic heterocycles. The van der Waals surface area contributed by atoms with E-state index in [2.05, 4.69) is 14.9 Å². The summed E-state index contributed by atoms with van der Waals surface area (Å²) in [4.78, 5) is 24.2. The maximum absolute atomic E-state index is 12.2. The van der Waals surface area contributed by atoms with Gasteiger partial charge in [0.05, 0.1) is 12.3 Å². The lowest BCUT2D eigenvalue weighted by Gasteiger charge is -2.40. The van der Waals surface area contributed by atoms with Crippen LogP contribution < -0.4 is 0 Å². The first-order valence-electron chi connectivity index (χ1n) is 6.34. The van der Waals surface area contributed by atoms with Crippen LogP contribution in [0.4, 0.5) is 0 Å². The zero-order valence-corrected chi connectivity index (χ0v) is 11.7. The van der Waals surface area contributed by atoms with Gasteiger partial charge in [-0.3, -0.25) is 19.7 Å². The van der Waals surface area contributed by atoms with Crippen molar-refractivity contribution in [1.29, 1.82) is 0 Å². The third-order valence-electron chi connectivity index (χ3n) is 3.21. The Morgan fingerprint density at radius 3 is 2.95 bits per heavy atom. The summed E-state index contributed by atoms with van der Waals surface area (Å²) >= 11 is 0. The molecule has 1 saturated heterocycles. The molecule has 0 saturated carbocycles. The van der Waals surface area contributed by atoms with Gasteiger partial charge in [0.25, 0.3) is 5.91 Å². The molecule has 2 rings (SSSR count). The number of carbonyl (C=O) groups excluding carboxylic acids is 1. The number of morpholine rings is 1. The number of likely N-dealkylation sites (N-methyl/N-ethyl adjacent to an activating group) is 1. The second-order valence-corrected chi connectivity index (χ2v) is 5.19. The van der Waals surface area contributed by atoms with Gasteiger partial charge in [-0.15, -0.1) is 0 Å². The van der Waals surface area contributed by atoms with Crippen molar-refractivity contribution in [2.45, 2.75) is 19.1 Å². The van der Waals surface area contributed by atoms with Crippen molar-refractivity contribution in [3.05, 3.63) is 24.3 Å². The Balaban J connectivity index is 2.03. The predicted molar refractivity (Wildman–Crippen MR) is 70.4 cm³/mol. The molecule has 6 nitrogen and oxygen atoms in total. The third-order valence-corrected chi connectivity index (χ3v) is 3.21. The van der Waals surface area contributed by atoms with Crippen molar-refractivity contribution in [2.75, 3.05) is 33.8 Å². The van der Waals surface area contributed by atoms with E-state index in [1.54, 1.807) is 37.6 Å². The molecule has 0 unspecified atom stereocenters. The maximum Gasteiger partial charge on any atom is 0.255 e. The number of hydrogen-bond donors (Lipinski definition) is 0. The first-order valence-corrected chi connectivity index (χ1v) is 6.34. The average molecular weight is 264 g/mol. The Morgan fingerprint density at radius 1 is 1.53 bits per heavy atom. The molecular weight excluding hydrogens is 244 g/mol. The number of aromatic nitrogens is 2. The van der Waals surface area contributed by atoms with Gasteiger partial charge in [-0.05, 0) is 6.92 Å². The number of amides is 1. The molecule has 104 valence electrons. The highest BCUT2D eigenvalue weighted by Crippen LogP contribution is 2.20. The van der Waals surface area contributed by atoms with Crippen LogP contribution in [0.15, 0.2) is 18.6 Å². The van der Waals surface area contributed by atoms with Crippen molar-refractivity contribution < 1.29 is 9.53 Å². The molecule has 2 heterocycles. The fourth-order valence-electron chi connectivity index (χ4n) is 2.33. The topological polar surface area (TPSA) is 58.6 Å². The summed E-state index contributed by atoms with van der Waals surface area (Å²) in [7, 11) is 3.50. The van der Waals surface area contributed by atoms with E-state index in [0.29, 0.717) is 19.7 Å². The molecule has 0 bridgehead atoms. The highest BCUT2D eigenvalue weighted by Gasteiger charge is 2.40. The largest absolute Gasteiger partial charge is 0.363 e. The second-order valence-electron chi connectivity index (χ2n) is 5.19. The fourth-order valence-corrected chi connectivity index (χ4v) is 2.33. The predicted octanol–water partition coefficient (Wildman–Crippen LogP) is 0.156. The molecule has 0 N–H and O–H groups in total. The minimum atomic E-state index is -0.774. The van der Waals surface area contributed by atoms with E-state index in [-0.39, 0.29) is 5.91 Å². The van der Waals surface area contributed by atoms with Crippen LogP contribution in [-0.2, 0) is 16.1 Å². The second kappa shape index (κ2) is 5.63. The Kier molecular flexibility index (Phi) is 4.11. The van der Waals surface area contributed by atoms with Crippen molar-refractivity contribution in [3.63, 3.8) is 0 Å². The van der Waals surface area contributed by atoms with Gasteiger partial charge in [0.15, 0.2) is 5.60 Å². The molecule has 19 heavy (non-hydrogen) atoms. The summed E-state index contributed by atoms with van der Waals surface area (Å²) in [6, 6.07) is 0. The van der Waals surface area contributed by atoms with Crippen LogP contribution in [0.25, 0.3) is 0 Å². The van der Waals surface area contributed by atoms with Gasteiger partial charge in [0, 0.05) is 52.3 Å². The van der Waals surface area contributed by atoms with E-state index in [4.69, 9.17) is 4.74 Å². The van der Waals surface area contributed by atoms with Gasteiger partial charge in [0.1, 0.15) is 0 Å². The van der Waals surface area contributed by atoms with Crippen LogP contribution in [0.2, 0.25) is 0 Å².